The van der Waals surface area contributed by atoms with E-state index < -0.39 is 156 Å². The molecule has 23 heteroatoms. The summed E-state index contributed by atoms with van der Waals surface area (Å²) in [5.74, 6) is -8.64. The number of aliphatic hydroxyl groups excluding tert-OH is 2. The van der Waals surface area contributed by atoms with Gasteiger partial charge in [0.2, 0.25) is 59.1 Å². The minimum Gasteiger partial charge on any atom is -0.390 e. The number of rotatable bonds is 11. The average molecular weight is 1120 g/mol. The molecule has 10 amide bonds. The van der Waals surface area contributed by atoms with Crippen molar-refractivity contribution in [1.29, 1.82) is 0 Å². The van der Waals surface area contributed by atoms with Gasteiger partial charge in [0.25, 0.3) is 0 Å². The number of nitrogens with one attached hydrogen (secondary N) is 4. The van der Waals surface area contributed by atoms with Crippen LogP contribution in [0.4, 0.5) is 0 Å². The monoisotopic (exact) mass is 1120 g/mol. The van der Waals surface area contributed by atoms with Crippen LogP contribution in [0.25, 0.3) is 0 Å². The summed E-state index contributed by atoms with van der Waals surface area (Å²) in [6, 6.07) is -11.9. The second-order valence-electron chi connectivity index (χ2n) is 23.3. The van der Waals surface area contributed by atoms with E-state index in [-0.39, 0.29) is 31.1 Å². The number of amides is 10. The Morgan fingerprint density at radius 2 is 1.08 bits per heavy atom. The third-order valence-electron chi connectivity index (χ3n) is 15.3. The number of aliphatic hydroxyl groups is 2. The zero-order chi connectivity index (χ0) is 61.4. The Kier molecular flexibility index (Phi) is 28.8. The van der Waals surface area contributed by atoms with E-state index in [4.69, 9.17) is 0 Å². The normalized spacial score (nSPS) is 29.0. The molecule has 1 fully saturated rings. The second kappa shape index (κ2) is 31.9. The quantitative estimate of drug-likeness (QED) is 0.158. The van der Waals surface area contributed by atoms with Gasteiger partial charge in [0.15, 0.2) is 0 Å². The summed E-state index contributed by atoms with van der Waals surface area (Å²) in [4.78, 5) is 150. The summed E-state index contributed by atoms with van der Waals surface area (Å²) < 4.78 is 0. The van der Waals surface area contributed by atoms with Gasteiger partial charge in [0.05, 0.1) is 24.7 Å². The molecule has 6 N–H and O–H groups in total. The standard InChI is InChI=1S/C56H101N11O12/c1-23-25-26-34(11)46(69)45-50(73)59-39(24-2)52(75)61(16)29-42(68)62(17)37(14)49(72)60-43(32(7)8)55(78)63(18)38(15)48(71)57-35(12)47(70)58-36(13)51(74)64(19)40(27-30(3)4)53(76)65(20)41(28-31(5)6)54(77)66(21)44(33(9)10)56(79)67(45)22/h23,25,30-41,43-46,54,69,77H,24,26-29H2,1-22H3,(H,57,71)(H,58,70)(H,59,73)(H,60,72)/b25-23+/t34-,35+,36-,37+,38+,39+,40+,41-,43+,44+,45+,46-,54?/m1/s1. The highest BCUT2D eigenvalue weighted by Gasteiger charge is 2.45. The van der Waals surface area contributed by atoms with Crippen molar-refractivity contribution in [2.75, 3.05) is 55.9 Å². The van der Waals surface area contributed by atoms with Crippen LogP contribution in [0.5, 0.6) is 0 Å². The minimum atomic E-state index is -1.57. The van der Waals surface area contributed by atoms with E-state index in [0.29, 0.717) is 6.42 Å². The molecule has 23 nitrogen and oxygen atoms in total. The molecular weight excluding hydrogens is 1020 g/mol. The Hall–Kier alpha value is -5.68. The highest BCUT2D eigenvalue weighted by molar-refractivity contribution is 5.98. The first-order valence-corrected chi connectivity index (χ1v) is 27.9. The van der Waals surface area contributed by atoms with Gasteiger partial charge < -0.3 is 60.9 Å². The molecule has 1 rings (SSSR count). The van der Waals surface area contributed by atoms with Crippen molar-refractivity contribution in [3.8, 4) is 0 Å². The minimum absolute atomic E-state index is 0.0355. The molecule has 13 atom stereocenters. The second-order valence-corrected chi connectivity index (χ2v) is 23.3. The molecule has 0 saturated carbocycles. The molecule has 1 aliphatic rings. The summed E-state index contributed by atoms with van der Waals surface area (Å²) in [6.45, 7) is 24.8. The molecule has 1 heterocycles. The van der Waals surface area contributed by atoms with Crippen LogP contribution < -0.4 is 21.3 Å². The first-order valence-electron chi connectivity index (χ1n) is 27.9. The molecule has 1 unspecified atom stereocenters. The van der Waals surface area contributed by atoms with Gasteiger partial charge in [-0.2, -0.15) is 0 Å². The predicted molar refractivity (Wildman–Crippen MR) is 302 cm³/mol. The SMILES string of the molecule is C/C=C/C[C@@H](C)[C@@H](O)[C@H]1C(=O)N[C@@H](CC)C(=O)N(C)CC(=O)N(C)[C@@H](C)C(=O)N[C@@H](C(C)C)C(=O)N(C)[C@@H](C)C(=O)N[C@@H](C)C(=O)N[C@H](C)C(=O)N(C)[C@@H](CC(C)C)C(=O)N(C)[C@H](CC(C)C)C(O)N(C)[C@@H](C(C)C)C(=O)N1C. The van der Waals surface area contributed by atoms with E-state index in [1.54, 1.807) is 54.5 Å². The van der Waals surface area contributed by atoms with E-state index >= 15 is 4.79 Å². The molecule has 0 spiro atoms. The average Bonchev–Trinajstić information content (AvgIpc) is 3.38. The number of carbonyl (C=O) groups excluding carboxylic acids is 10. The Bertz CT molecular complexity index is 2140. The molecule has 0 radical (unpaired) electrons. The maximum absolute atomic E-state index is 15.1. The Labute approximate surface area is 471 Å². The zero-order valence-electron chi connectivity index (χ0n) is 51.6. The van der Waals surface area contributed by atoms with Gasteiger partial charge in [-0.15, -0.1) is 0 Å². The van der Waals surface area contributed by atoms with Gasteiger partial charge in [-0.3, -0.25) is 52.8 Å². The predicted octanol–water partition coefficient (Wildman–Crippen LogP) is 1.01. The van der Waals surface area contributed by atoms with Gasteiger partial charge in [0.1, 0.15) is 54.6 Å². The number of likely N-dealkylation sites (N-methyl/N-ethyl adjacent to an activating group) is 7. The number of allylic oxidation sites excluding steroid dienone is 2. The fraction of sp³-hybridized carbons (Fsp3) is 0.786. The number of hydrogen-bond donors (Lipinski definition) is 6. The Morgan fingerprint density at radius 1 is 0.557 bits per heavy atom. The summed E-state index contributed by atoms with van der Waals surface area (Å²) >= 11 is 0. The zero-order valence-corrected chi connectivity index (χ0v) is 51.6. The van der Waals surface area contributed by atoms with Gasteiger partial charge in [0, 0.05) is 42.3 Å². The molecule has 1 saturated heterocycles. The van der Waals surface area contributed by atoms with E-state index in [9.17, 15) is 53.4 Å². The molecule has 79 heavy (non-hydrogen) atoms. The molecule has 0 aromatic heterocycles. The van der Waals surface area contributed by atoms with Crippen molar-refractivity contribution >= 4 is 59.1 Å². The van der Waals surface area contributed by atoms with Crippen LogP contribution in [-0.4, -0.2) is 232 Å². The van der Waals surface area contributed by atoms with E-state index in [2.05, 4.69) is 21.3 Å². The molecule has 0 aromatic carbocycles. The van der Waals surface area contributed by atoms with E-state index in [0.717, 1.165) is 19.6 Å². The van der Waals surface area contributed by atoms with Gasteiger partial charge in [-0.1, -0.05) is 81.4 Å². The molecule has 1 aliphatic heterocycles. The lowest BCUT2D eigenvalue weighted by Crippen LogP contribution is -2.64. The summed E-state index contributed by atoms with van der Waals surface area (Å²) in [6.07, 6.45) is 1.42. The maximum Gasteiger partial charge on any atom is 0.246 e. The van der Waals surface area contributed by atoms with Crippen molar-refractivity contribution < 1.29 is 58.2 Å². The maximum atomic E-state index is 15.1. The smallest absolute Gasteiger partial charge is 0.246 e. The van der Waals surface area contributed by atoms with Crippen LogP contribution in [0.3, 0.4) is 0 Å². The molecule has 0 bridgehead atoms. The molecule has 0 aliphatic carbocycles. The number of nitrogens with zero attached hydrogens (tertiary/aromatic N) is 7. The Morgan fingerprint density at radius 3 is 1.57 bits per heavy atom. The first kappa shape index (κ1) is 71.3. The Balaban J connectivity index is 4.15. The summed E-state index contributed by atoms with van der Waals surface area (Å²) in [5.41, 5.74) is 0. The molecule has 0 aromatic rings. The van der Waals surface area contributed by atoms with Crippen LogP contribution in [-0.2, 0) is 47.9 Å². The van der Waals surface area contributed by atoms with Gasteiger partial charge in [-0.05, 0) is 96.9 Å². The molecule has 452 valence electrons. The van der Waals surface area contributed by atoms with Crippen molar-refractivity contribution in [2.45, 2.75) is 202 Å². The van der Waals surface area contributed by atoms with Gasteiger partial charge in [-0.25, -0.2) is 0 Å². The topological polar surface area (TPSA) is 282 Å². The largest absolute Gasteiger partial charge is 0.390 e. The van der Waals surface area contributed by atoms with Crippen molar-refractivity contribution in [2.24, 2.45) is 29.6 Å². The van der Waals surface area contributed by atoms with Crippen LogP contribution in [0.1, 0.15) is 130 Å². The van der Waals surface area contributed by atoms with Crippen LogP contribution in [0, 0.1) is 29.6 Å². The lowest BCUT2D eigenvalue weighted by atomic mass is 9.91. The summed E-state index contributed by atoms with van der Waals surface area (Å²) in [5, 5.41) is 35.1. The van der Waals surface area contributed by atoms with Crippen molar-refractivity contribution in [3.05, 3.63) is 12.2 Å². The van der Waals surface area contributed by atoms with Crippen LogP contribution in [0.15, 0.2) is 12.2 Å². The lowest BCUT2D eigenvalue weighted by Gasteiger charge is -2.44. The summed E-state index contributed by atoms with van der Waals surface area (Å²) in [7, 11) is 9.94. The first-order chi connectivity index (χ1) is 36.4. The van der Waals surface area contributed by atoms with Crippen molar-refractivity contribution in [3.63, 3.8) is 0 Å². The van der Waals surface area contributed by atoms with Crippen LogP contribution in [0.2, 0.25) is 0 Å². The van der Waals surface area contributed by atoms with E-state index in [1.807, 2.05) is 33.8 Å². The van der Waals surface area contributed by atoms with Crippen LogP contribution >= 0.6 is 0 Å². The fourth-order valence-corrected chi connectivity index (χ4v) is 9.58. The third kappa shape index (κ3) is 19.2. The fourth-order valence-electron chi connectivity index (χ4n) is 9.58. The molecular formula is C56H101N11O12. The third-order valence-corrected chi connectivity index (χ3v) is 15.3. The highest BCUT2D eigenvalue weighted by Crippen LogP contribution is 2.26. The van der Waals surface area contributed by atoms with Crippen molar-refractivity contribution in [1.82, 2.24) is 55.6 Å². The number of hydrogen-bond acceptors (Lipinski definition) is 13. The van der Waals surface area contributed by atoms with Gasteiger partial charge >= 0.3 is 0 Å². The lowest BCUT2D eigenvalue weighted by molar-refractivity contribution is -0.159. The van der Waals surface area contributed by atoms with E-state index in [1.165, 1.54) is 91.7 Å². The highest BCUT2D eigenvalue weighted by atomic mass is 16.3. The number of carbonyl (C=O) groups is 10.